The van der Waals surface area contributed by atoms with Crippen LogP contribution >= 0.6 is 7.82 Å². The van der Waals surface area contributed by atoms with Crippen LogP contribution in [0.2, 0.25) is 0 Å². The smallest absolute Gasteiger partial charge is 0.306 e. The molecule has 0 aliphatic rings. The molecule has 1 unspecified atom stereocenters. The molecule has 0 saturated heterocycles. The van der Waals surface area contributed by atoms with Crippen molar-refractivity contribution in [3.05, 3.63) is 72.9 Å². The van der Waals surface area contributed by atoms with Gasteiger partial charge < -0.3 is 27.9 Å². The molecule has 0 bridgehead atoms. The molecule has 0 aliphatic heterocycles. The molecule has 0 amide bonds. The summed E-state index contributed by atoms with van der Waals surface area (Å²) in [6.45, 7) is 4.14. The molecule has 394 valence electrons. The van der Waals surface area contributed by atoms with Crippen molar-refractivity contribution in [1.29, 1.82) is 0 Å². The molecule has 68 heavy (non-hydrogen) atoms. The number of likely N-dealkylation sites (N-methyl/N-ethyl adjacent to an activating group) is 1. The Kier molecular flexibility index (Phi) is 47.6. The van der Waals surface area contributed by atoms with Gasteiger partial charge in [0.05, 0.1) is 27.7 Å². The summed E-state index contributed by atoms with van der Waals surface area (Å²) < 4.78 is 34.0. The van der Waals surface area contributed by atoms with Crippen LogP contribution in [-0.4, -0.2) is 70.0 Å². The highest BCUT2D eigenvalue weighted by Crippen LogP contribution is 2.38. The Morgan fingerprint density at radius 1 is 0.456 bits per heavy atom. The molecule has 0 heterocycles. The number of quaternary nitrogens is 1. The first-order valence-electron chi connectivity index (χ1n) is 27.6. The Hall–Kier alpha value is -2.55. The van der Waals surface area contributed by atoms with Crippen LogP contribution in [0.4, 0.5) is 0 Å². The minimum absolute atomic E-state index is 0.0495. The maximum atomic E-state index is 12.7. The maximum Gasteiger partial charge on any atom is 0.306 e. The summed E-state index contributed by atoms with van der Waals surface area (Å²) in [5.74, 6) is -0.948. The number of rotatable bonds is 50. The second-order valence-electron chi connectivity index (χ2n) is 19.6. The number of carbonyl (C=O) groups excluding carboxylic acids is 2. The molecule has 0 aromatic rings. The largest absolute Gasteiger partial charge is 0.756 e. The van der Waals surface area contributed by atoms with Crippen LogP contribution in [0, 0.1) is 0 Å². The minimum atomic E-state index is -4.66. The summed E-state index contributed by atoms with van der Waals surface area (Å²) in [6, 6.07) is 0. The molecule has 0 rings (SSSR count). The van der Waals surface area contributed by atoms with Crippen molar-refractivity contribution in [3.8, 4) is 0 Å². The molecular formula is C58H104NO8P. The zero-order valence-corrected chi connectivity index (χ0v) is 45.4. The lowest BCUT2D eigenvalue weighted by molar-refractivity contribution is -0.870. The maximum absolute atomic E-state index is 12.7. The summed E-state index contributed by atoms with van der Waals surface area (Å²) in [7, 11) is 1.11. The van der Waals surface area contributed by atoms with Gasteiger partial charge in [-0.3, -0.25) is 14.2 Å². The van der Waals surface area contributed by atoms with Gasteiger partial charge in [0.2, 0.25) is 0 Å². The molecule has 0 aromatic carbocycles. The fourth-order valence-electron chi connectivity index (χ4n) is 7.37. The molecule has 0 fully saturated rings. The van der Waals surface area contributed by atoms with Crippen LogP contribution in [-0.2, 0) is 32.7 Å². The normalized spacial score (nSPS) is 13.9. The van der Waals surface area contributed by atoms with E-state index in [-0.39, 0.29) is 26.1 Å². The Bertz CT molecular complexity index is 1380. The predicted molar refractivity (Wildman–Crippen MR) is 286 cm³/mol. The number of phosphoric acid groups is 1. The van der Waals surface area contributed by atoms with Gasteiger partial charge in [-0.05, 0) is 83.5 Å². The molecule has 9 nitrogen and oxygen atoms in total. The van der Waals surface area contributed by atoms with Gasteiger partial charge in [0.15, 0.2) is 6.10 Å². The lowest BCUT2D eigenvalue weighted by atomic mass is 10.0. The second kappa shape index (κ2) is 49.4. The third-order valence-electron chi connectivity index (χ3n) is 11.7. The SMILES string of the molecule is CCCCCCCCC/C=C/C/C=C/C/C=C/C/C=C/CCCC(=O)O[C@H](COC(=O)CCC/C=C/CC/C=C/CCCCCCCCCCCCCCCC)COP(=O)([O-])OCC[N+](C)(C)C. The fraction of sp³-hybridized carbons (Fsp3) is 0.759. The van der Waals surface area contributed by atoms with Crippen molar-refractivity contribution in [1.82, 2.24) is 0 Å². The Labute approximate surface area is 418 Å². The van der Waals surface area contributed by atoms with Crippen LogP contribution < -0.4 is 4.89 Å². The summed E-state index contributed by atoms with van der Waals surface area (Å²) in [5, 5.41) is 0. The monoisotopic (exact) mass is 974 g/mol. The standard InChI is InChI=1S/C58H104NO8P/c1-6-8-10-12-14-16-18-20-22-24-26-28-29-31-32-34-36-38-40-42-44-46-48-50-57(60)64-54-56(55-66-68(62,63)65-53-52-59(3,4)5)67-58(61)51-49-47-45-43-41-39-37-35-33-30-27-25-23-21-19-17-15-13-11-9-7-2/h23,25,30,33-34,36-37,39,42-45,56H,6-22,24,26-29,31-32,35,38,40-41,46-55H2,1-5H3/b25-23+,33-30+,36-34+,39-37+,44-42+,45-43+/t56-/m1/s1. The van der Waals surface area contributed by atoms with E-state index in [0.717, 1.165) is 44.9 Å². The zero-order valence-electron chi connectivity index (χ0n) is 44.5. The summed E-state index contributed by atoms with van der Waals surface area (Å²) in [5.41, 5.74) is 0. The molecule has 0 saturated carbocycles. The van der Waals surface area contributed by atoms with Crippen molar-refractivity contribution in [3.63, 3.8) is 0 Å². The quantitative estimate of drug-likeness (QED) is 0.0195. The van der Waals surface area contributed by atoms with Crippen molar-refractivity contribution in [2.45, 2.75) is 238 Å². The summed E-state index contributed by atoms with van der Waals surface area (Å²) >= 11 is 0. The van der Waals surface area contributed by atoms with E-state index in [0.29, 0.717) is 30.3 Å². The number of esters is 2. The minimum Gasteiger partial charge on any atom is -0.756 e. The van der Waals surface area contributed by atoms with Crippen LogP contribution in [0.25, 0.3) is 0 Å². The van der Waals surface area contributed by atoms with E-state index in [1.807, 2.05) is 27.2 Å². The van der Waals surface area contributed by atoms with E-state index >= 15 is 0 Å². The highest BCUT2D eigenvalue weighted by molar-refractivity contribution is 7.45. The van der Waals surface area contributed by atoms with Crippen molar-refractivity contribution in [2.24, 2.45) is 0 Å². The first-order chi connectivity index (χ1) is 33.0. The number of ether oxygens (including phenoxy) is 2. The van der Waals surface area contributed by atoms with Crippen LogP contribution in [0.3, 0.4) is 0 Å². The molecule has 10 heteroatoms. The molecule has 0 N–H and O–H groups in total. The number of nitrogens with zero attached hydrogens (tertiary/aromatic N) is 1. The summed E-state index contributed by atoms with van der Waals surface area (Å²) in [4.78, 5) is 37.7. The van der Waals surface area contributed by atoms with Crippen molar-refractivity contribution in [2.75, 3.05) is 47.5 Å². The lowest BCUT2D eigenvalue weighted by Gasteiger charge is -2.28. The van der Waals surface area contributed by atoms with Crippen LogP contribution in [0.15, 0.2) is 72.9 Å². The van der Waals surface area contributed by atoms with E-state index < -0.39 is 32.5 Å². The number of hydrogen-bond donors (Lipinski definition) is 0. The second-order valence-corrected chi connectivity index (χ2v) is 21.0. The molecule has 2 atom stereocenters. The van der Waals surface area contributed by atoms with E-state index in [2.05, 4.69) is 80.7 Å². The van der Waals surface area contributed by atoms with E-state index in [1.54, 1.807) is 0 Å². The molecule has 0 aliphatic carbocycles. The number of hydrogen-bond acceptors (Lipinski definition) is 8. The molecular weight excluding hydrogens is 870 g/mol. The van der Waals surface area contributed by atoms with Gasteiger partial charge in [0.25, 0.3) is 7.82 Å². The van der Waals surface area contributed by atoms with Gasteiger partial charge in [0.1, 0.15) is 19.8 Å². The number of allylic oxidation sites excluding steroid dienone is 12. The number of phosphoric ester groups is 1. The topological polar surface area (TPSA) is 111 Å². The highest BCUT2D eigenvalue weighted by atomic mass is 31.2. The van der Waals surface area contributed by atoms with Crippen molar-refractivity contribution < 1.29 is 42.1 Å². The Morgan fingerprint density at radius 3 is 1.24 bits per heavy atom. The van der Waals surface area contributed by atoms with E-state index in [9.17, 15) is 19.0 Å². The van der Waals surface area contributed by atoms with Gasteiger partial charge in [-0.1, -0.05) is 209 Å². The molecule has 0 aromatic heterocycles. The van der Waals surface area contributed by atoms with Gasteiger partial charge in [-0.15, -0.1) is 0 Å². The average Bonchev–Trinajstić information content (AvgIpc) is 3.30. The first kappa shape index (κ1) is 65.5. The molecule has 0 spiro atoms. The van der Waals surface area contributed by atoms with Crippen LogP contribution in [0.5, 0.6) is 0 Å². The fourth-order valence-corrected chi connectivity index (χ4v) is 8.10. The zero-order chi connectivity index (χ0) is 49.9. The van der Waals surface area contributed by atoms with Gasteiger partial charge in [-0.2, -0.15) is 0 Å². The van der Waals surface area contributed by atoms with E-state index in [1.165, 1.54) is 141 Å². The third-order valence-corrected chi connectivity index (χ3v) is 12.6. The van der Waals surface area contributed by atoms with Gasteiger partial charge in [0, 0.05) is 12.8 Å². The summed E-state index contributed by atoms with van der Waals surface area (Å²) in [6.07, 6.45) is 64.0. The average molecular weight is 974 g/mol. The van der Waals surface area contributed by atoms with Gasteiger partial charge >= 0.3 is 11.9 Å². The lowest BCUT2D eigenvalue weighted by Crippen LogP contribution is -2.37. The predicted octanol–water partition coefficient (Wildman–Crippen LogP) is 16.3. The third kappa shape index (κ3) is 52.8. The van der Waals surface area contributed by atoms with Gasteiger partial charge in [-0.25, -0.2) is 0 Å². The Morgan fingerprint density at radius 2 is 0.809 bits per heavy atom. The number of carbonyl (C=O) groups is 2. The van der Waals surface area contributed by atoms with E-state index in [4.69, 9.17) is 18.5 Å². The van der Waals surface area contributed by atoms with Crippen molar-refractivity contribution >= 4 is 19.8 Å². The molecule has 0 radical (unpaired) electrons. The Balaban J connectivity index is 4.35. The number of unbranched alkanes of at least 4 members (excludes halogenated alkanes) is 24. The first-order valence-corrected chi connectivity index (χ1v) is 29.1. The van der Waals surface area contributed by atoms with Crippen LogP contribution in [0.1, 0.15) is 232 Å². The highest BCUT2D eigenvalue weighted by Gasteiger charge is 2.21.